The number of carbonyl (C=O) groups is 1. The van der Waals surface area contributed by atoms with Crippen molar-refractivity contribution in [2.24, 2.45) is 5.10 Å². The molecule has 1 amide bonds. The zero-order valence-electron chi connectivity index (χ0n) is 19.7. The molecule has 180 valence electrons. The first-order valence-electron chi connectivity index (χ1n) is 10.6. The summed E-state index contributed by atoms with van der Waals surface area (Å²) in [6.45, 7) is 2.03. The molecule has 2 aromatic carbocycles. The van der Waals surface area contributed by atoms with Crippen molar-refractivity contribution in [1.82, 2.24) is 15.6 Å². The summed E-state index contributed by atoms with van der Waals surface area (Å²) < 4.78 is 21.4. The Morgan fingerprint density at radius 3 is 2.59 bits per heavy atom. The third kappa shape index (κ3) is 7.24. The van der Waals surface area contributed by atoms with Gasteiger partial charge in [-0.1, -0.05) is 23.9 Å². The number of hydrogen-bond acceptors (Lipinski definition) is 9. The van der Waals surface area contributed by atoms with Gasteiger partial charge < -0.3 is 18.6 Å². The van der Waals surface area contributed by atoms with Crippen molar-refractivity contribution in [2.45, 2.75) is 31.4 Å². The minimum absolute atomic E-state index is 0.0966. The van der Waals surface area contributed by atoms with E-state index in [4.69, 9.17) is 18.6 Å². The normalized spacial score (nSPS) is 10.9. The Hall–Kier alpha value is -3.53. The van der Waals surface area contributed by atoms with Crippen molar-refractivity contribution in [3.63, 3.8) is 0 Å². The maximum absolute atomic E-state index is 12.1. The number of nitrogens with one attached hydrogen (secondary N) is 1. The molecule has 1 aromatic heterocycles. The van der Waals surface area contributed by atoms with Gasteiger partial charge in [0.25, 0.3) is 11.1 Å². The predicted molar refractivity (Wildman–Crippen MR) is 130 cm³/mol. The molecule has 3 aromatic rings. The quantitative estimate of drug-likeness (QED) is 0.235. The summed E-state index contributed by atoms with van der Waals surface area (Å²) in [6, 6.07) is 11.5. The van der Waals surface area contributed by atoms with Gasteiger partial charge in [0, 0.05) is 12.0 Å². The van der Waals surface area contributed by atoms with Gasteiger partial charge in [0.05, 0.1) is 33.3 Å². The van der Waals surface area contributed by atoms with E-state index in [1.165, 1.54) is 11.8 Å². The topological polar surface area (TPSA) is 108 Å². The van der Waals surface area contributed by atoms with E-state index in [9.17, 15) is 4.79 Å². The molecular formula is C24H28N4O5S. The lowest BCUT2D eigenvalue weighted by Gasteiger charge is -2.06. The molecule has 10 heteroatoms. The molecule has 0 radical (unpaired) electrons. The summed E-state index contributed by atoms with van der Waals surface area (Å²) in [5.41, 5.74) is 5.50. The van der Waals surface area contributed by atoms with Gasteiger partial charge in [0.1, 0.15) is 17.2 Å². The van der Waals surface area contributed by atoms with Crippen LogP contribution in [0, 0.1) is 6.92 Å². The molecule has 9 nitrogen and oxygen atoms in total. The lowest BCUT2D eigenvalue weighted by atomic mass is 10.1. The second-order valence-corrected chi connectivity index (χ2v) is 8.24. The van der Waals surface area contributed by atoms with Gasteiger partial charge in [-0.2, -0.15) is 5.10 Å². The number of methoxy groups -OCH3 is 3. The number of thioether (sulfide) groups is 1. The van der Waals surface area contributed by atoms with Crippen LogP contribution in [0.1, 0.15) is 29.0 Å². The maximum atomic E-state index is 12.1. The van der Waals surface area contributed by atoms with E-state index in [0.717, 1.165) is 35.9 Å². The minimum atomic E-state index is -0.294. The molecule has 0 unspecified atom stereocenters. The summed E-state index contributed by atoms with van der Waals surface area (Å²) in [5, 5.41) is 12.4. The second kappa shape index (κ2) is 12.6. The standard InChI is InChI=1S/C24H28N4O5S/c1-16-12-17(8-10-20(16)31-3)6-5-7-23-27-28-24(33-23)34-15-22(29)26-25-14-18-13-19(30-2)9-11-21(18)32-4/h8-14H,5-7,15H2,1-4H3,(H,26,29)/b25-14-. The van der Waals surface area contributed by atoms with E-state index in [1.54, 1.807) is 39.5 Å². The second-order valence-electron chi connectivity index (χ2n) is 7.31. The van der Waals surface area contributed by atoms with Gasteiger partial charge in [-0.25, -0.2) is 5.43 Å². The molecule has 0 spiro atoms. The van der Waals surface area contributed by atoms with Crippen molar-refractivity contribution in [1.29, 1.82) is 0 Å². The van der Waals surface area contributed by atoms with Crippen LogP contribution in [0.15, 0.2) is 51.1 Å². The minimum Gasteiger partial charge on any atom is -0.497 e. The van der Waals surface area contributed by atoms with Gasteiger partial charge in [0.15, 0.2) is 0 Å². The molecule has 0 atom stereocenters. The van der Waals surface area contributed by atoms with Crippen LogP contribution >= 0.6 is 11.8 Å². The van der Waals surface area contributed by atoms with Gasteiger partial charge in [0.2, 0.25) is 5.89 Å². The van der Waals surface area contributed by atoms with Crippen LogP contribution in [0.3, 0.4) is 0 Å². The molecule has 0 bridgehead atoms. The predicted octanol–water partition coefficient (Wildman–Crippen LogP) is 3.82. The molecule has 0 aliphatic heterocycles. The largest absolute Gasteiger partial charge is 0.497 e. The summed E-state index contributed by atoms with van der Waals surface area (Å²) in [4.78, 5) is 12.1. The first kappa shape index (κ1) is 25.1. The monoisotopic (exact) mass is 484 g/mol. The van der Waals surface area contributed by atoms with Crippen LogP contribution in [0.4, 0.5) is 0 Å². The Morgan fingerprint density at radius 1 is 1.06 bits per heavy atom. The van der Waals surface area contributed by atoms with Crippen molar-refractivity contribution in [2.75, 3.05) is 27.1 Å². The zero-order chi connectivity index (χ0) is 24.3. The van der Waals surface area contributed by atoms with Crippen LogP contribution in [0.25, 0.3) is 0 Å². The fourth-order valence-electron chi connectivity index (χ4n) is 3.21. The number of nitrogens with zero attached hydrogens (tertiary/aromatic N) is 3. The van der Waals surface area contributed by atoms with Gasteiger partial charge >= 0.3 is 0 Å². The van der Waals surface area contributed by atoms with Gasteiger partial charge in [-0.15, -0.1) is 10.2 Å². The highest BCUT2D eigenvalue weighted by molar-refractivity contribution is 7.99. The van der Waals surface area contributed by atoms with E-state index in [1.807, 2.05) is 13.0 Å². The number of aromatic nitrogens is 2. The van der Waals surface area contributed by atoms with Crippen molar-refractivity contribution >= 4 is 23.9 Å². The Bertz CT molecular complexity index is 1130. The molecule has 0 fully saturated rings. The van der Waals surface area contributed by atoms with E-state index in [2.05, 4.69) is 32.9 Å². The van der Waals surface area contributed by atoms with Crippen LogP contribution in [-0.2, 0) is 17.6 Å². The molecule has 1 N–H and O–H groups in total. The van der Waals surface area contributed by atoms with Crippen molar-refractivity contribution < 1.29 is 23.4 Å². The number of benzene rings is 2. The molecule has 0 saturated carbocycles. The maximum Gasteiger partial charge on any atom is 0.277 e. The SMILES string of the molecule is COc1ccc(OC)c(/C=N\NC(=O)CSc2nnc(CCCc3ccc(OC)c(C)c3)o2)c1. The third-order valence-corrected chi connectivity index (χ3v) is 5.74. The Labute approximate surface area is 202 Å². The Morgan fingerprint density at radius 2 is 1.85 bits per heavy atom. The lowest BCUT2D eigenvalue weighted by Crippen LogP contribution is -2.19. The summed E-state index contributed by atoms with van der Waals surface area (Å²) in [5.74, 6) is 2.52. The zero-order valence-corrected chi connectivity index (χ0v) is 20.5. The van der Waals surface area contributed by atoms with Crippen LogP contribution in [0.2, 0.25) is 0 Å². The van der Waals surface area contributed by atoms with Crippen LogP contribution in [0.5, 0.6) is 17.2 Å². The number of aryl methyl sites for hydroxylation is 3. The molecule has 3 rings (SSSR count). The number of amides is 1. The van der Waals surface area contributed by atoms with Crippen molar-refractivity contribution in [3.8, 4) is 17.2 Å². The molecule has 34 heavy (non-hydrogen) atoms. The average Bonchev–Trinajstić information content (AvgIpc) is 3.30. The van der Waals surface area contributed by atoms with Gasteiger partial charge in [-0.05, 0) is 55.2 Å². The smallest absolute Gasteiger partial charge is 0.277 e. The first-order chi connectivity index (χ1) is 16.5. The molecule has 0 aliphatic carbocycles. The van der Waals surface area contributed by atoms with E-state index in [-0.39, 0.29) is 11.7 Å². The number of carbonyl (C=O) groups excluding carboxylic acids is 1. The molecule has 0 saturated heterocycles. The van der Waals surface area contributed by atoms with Crippen LogP contribution in [-0.4, -0.2) is 49.4 Å². The van der Waals surface area contributed by atoms with E-state index >= 15 is 0 Å². The fourth-order valence-corrected chi connectivity index (χ4v) is 3.78. The lowest BCUT2D eigenvalue weighted by molar-refractivity contribution is -0.118. The highest BCUT2D eigenvalue weighted by Gasteiger charge is 2.10. The number of rotatable bonds is 12. The van der Waals surface area contributed by atoms with E-state index in [0.29, 0.717) is 34.6 Å². The number of ether oxygens (including phenoxy) is 3. The molecular weight excluding hydrogens is 456 g/mol. The highest BCUT2D eigenvalue weighted by atomic mass is 32.2. The van der Waals surface area contributed by atoms with Crippen LogP contribution < -0.4 is 19.6 Å². The summed E-state index contributed by atoms with van der Waals surface area (Å²) in [7, 11) is 4.81. The first-order valence-corrected chi connectivity index (χ1v) is 11.6. The summed E-state index contributed by atoms with van der Waals surface area (Å²) in [6.07, 6.45) is 3.94. The van der Waals surface area contributed by atoms with Crippen molar-refractivity contribution in [3.05, 3.63) is 59.0 Å². The summed E-state index contributed by atoms with van der Waals surface area (Å²) >= 11 is 1.16. The average molecular weight is 485 g/mol. The number of hydrogen-bond donors (Lipinski definition) is 1. The Balaban J connectivity index is 1.42. The fraction of sp³-hybridized carbons (Fsp3) is 0.333. The Kier molecular flexibility index (Phi) is 9.33. The van der Waals surface area contributed by atoms with Gasteiger partial charge in [-0.3, -0.25) is 4.79 Å². The highest BCUT2D eigenvalue weighted by Crippen LogP contribution is 2.23. The molecule has 1 heterocycles. The number of hydrazone groups is 1. The van der Waals surface area contributed by atoms with E-state index < -0.39 is 0 Å². The third-order valence-electron chi connectivity index (χ3n) is 4.92. The molecule has 0 aliphatic rings.